The molecule has 3 nitrogen and oxygen atoms in total. The van der Waals surface area contributed by atoms with Gasteiger partial charge in [-0.3, -0.25) is 0 Å². The van der Waals surface area contributed by atoms with Gasteiger partial charge < -0.3 is 15.2 Å². The molecule has 0 aromatic carbocycles. The molecule has 0 saturated carbocycles. The number of hydrogen-bond donors (Lipinski definition) is 2. The van der Waals surface area contributed by atoms with Crippen molar-refractivity contribution in [2.45, 2.75) is 51.3 Å². The van der Waals surface area contributed by atoms with E-state index in [1.165, 1.54) is 0 Å². The highest BCUT2D eigenvalue weighted by atomic mass is 16.5. The van der Waals surface area contributed by atoms with Crippen LogP contribution in [0.25, 0.3) is 0 Å². The van der Waals surface area contributed by atoms with E-state index in [0.29, 0.717) is 6.04 Å². The third-order valence-electron chi connectivity index (χ3n) is 3.02. The van der Waals surface area contributed by atoms with E-state index in [2.05, 4.69) is 5.32 Å². The predicted octanol–water partition coefficient (Wildman–Crippen LogP) is 0.914. The Morgan fingerprint density at radius 1 is 1.31 bits per heavy atom. The summed E-state index contributed by atoms with van der Waals surface area (Å²) in [4.78, 5) is 0. The largest absolute Gasteiger partial charge is 0.389 e. The molecular weight excluding hydrogens is 166 g/mol. The molecule has 0 bridgehead atoms. The van der Waals surface area contributed by atoms with Crippen LogP contribution in [0.5, 0.6) is 0 Å². The molecule has 0 aromatic heterocycles. The average Bonchev–Trinajstić information content (AvgIpc) is 2.35. The second-order valence-corrected chi connectivity index (χ2v) is 4.89. The highest BCUT2D eigenvalue weighted by Gasteiger charge is 2.37. The van der Waals surface area contributed by atoms with E-state index in [1.807, 2.05) is 27.7 Å². The molecule has 0 aromatic rings. The van der Waals surface area contributed by atoms with E-state index in [-0.39, 0.29) is 5.54 Å². The van der Waals surface area contributed by atoms with Gasteiger partial charge in [-0.2, -0.15) is 0 Å². The van der Waals surface area contributed by atoms with E-state index in [0.717, 1.165) is 19.6 Å². The lowest BCUT2D eigenvalue weighted by molar-refractivity contribution is -0.0105. The summed E-state index contributed by atoms with van der Waals surface area (Å²) in [5.74, 6) is 0. The quantitative estimate of drug-likeness (QED) is 0.690. The summed E-state index contributed by atoms with van der Waals surface area (Å²) in [6.07, 6.45) is 1.04. The van der Waals surface area contributed by atoms with Crippen molar-refractivity contribution in [3.63, 3.8) is 0 Å². The SMILES string of the molecule is CC(C)(O)C(C)(C)NC1CCOC1. The zero-order valence-electron chi connectivity index (χ0n) is 9.05. The molecule has 1 saturated heterocycles. The molecule has 1 heterocycles. The van der Waals surface area contributed by atoms with Crippen molar-refractivity contribution in [2.24, 2.45) is 0 Å². The van der Waals surface area contributed by atoms with E-state index in [1.54, 1.807) is 0 Å². The first-order valence-corrected chi connectivity index (χ1v) is 4.91. The Kier molecular flexibility index (Phi) is 3.00. The summed E-state index contributed by atoms with van der Waals surface area (Å²) >= 11 is 0. The summed E-state index contributed by atoms with van der Waals surface area (Å²) < 4.78 is 5.27. The number of rotatable bonds is 3. The molecule has 0 aliphatic carbocycles. The summed E-state index contributed by atoms with van der Waals surface area (Å²) in [5.41, 5.74) is -0.985. The molecule has 1 rings (SSSR count). The first-order valence-electron chi connectivity index (χ1n) is 4.91. The van der Waals surface area contributed by atoms with Gasteiger partial charge in [-0.15, -0.1) is 0 Å². The molecule has 1 unspecified atom stereocenters. The van der Waals surface area contributed by atoms with Crippen LogP contribution >= 0.6 is 0 Å². The standard InChI is InChI=1S/C10H21NO2/c1-9(2,10(3,4)12)11-8-5-6-13-7-8/h8,11-12H,5-7H2,1-4H3. The highest BCUT2D eigenvalue weighted by molar-refractivity contribution is 4.96. The second-order valence-electron chi connectivity index (χ2n) is 4.89. The average molecular weight is 187 g/mol. The molecule has 0 spiro atoms. The van der Waals surface area contributed by atoms with E-state index < -0.39 is 5.60 Å². The number of hydrogen-bond acceptors (Lipinski definition) is 3. The normalized spacial score (nSPS) is 25.2. The van der Waals surface area contributed by atoms with Gasteiger partial charge >= 0.3 is 0 Å². The zero-order chi connectivity index (χ0) is 10.1. The van der Waals surface area contributed by atoms with Gasteiger partial charge in [-0.05, 0) is 34.1 Å². The molecule has 1 atom stereocenters. The van der Waals surface area contributed by atoms with Crippen molar-refractivity contribution in [2.75, 3.05) is 13.2 Å². The molecule has 13 heavy (non-hydrogen) atoms. The minimum Gasteiger partial charge on any atom is -0.389 e. The molecule has 1 fully saturated rings. The summed E-state index contributed by atoms with van der Waals surface area (Å²) in [7, 11) is 0. The first kappa shape index (κ1) is 11.0. The Morgan fingerprint density at radius 2 is 1.92 bits per heavy atom. The molecule has 0 radical (unpaired) electrons. The Morgan fingerprint density at radius 3 is 2.31 bits per heavy atom. The molecule has 2 N–H and O–H groups in total. The van der Waals surface area contributed by atoms with Crippen molar-refractivity contribution in [3.8, 4) is 0 Å². The van der Waals surface area contributed by atoms with Crippen LogP contribution in [0, 0.1) is 0 Å². The predicted molar refractivity (Wildman–Crippen MR) is 52.7 cm³/mol. The van der Waals surface area contributed by atoms with Crippen molar-refractivity contribution in [3.05, 3.63) is 0 Å². The maximum Gasteiger partial charge on any atom is 0.0767 e. The Balaban J connectivity index is 2.50. The van der Waals surface area contributed by atoms with Gasteiger partial charge in [0, 0.05) is 18.2 Å². The van der Waals surface area contributed by atoms with Gasteiger partial charge in [0.05, 0.1) is 12.2 Å². The van der Waals surface area contributed by atoms with E-state index in [4.69, 9.17) is 4.74 Å². The van der Waals surface area contributed by atoms with Crippen molar-refractivity contribution in [1.29, 1.82) is 0 Å². The summed E-state index contributed by atoms with van der Waals surface area (Å²) in [6, 6.07) is 0.390. The number of aliphatic hydroxyl groups is 1. The van der Waals surface area contributed by atoms with Gasteiger partial charge in [0.2, 0.25) is 0 Å². The molecule has 1 aliphatic rings. The number of ether oxygens (including phenoxy) is 1. The van der Waals surface area contributed by atoms with Crippen LogP contribution < -0.4 is 5.32 Å². The molecular formula is C10H21NO2. The highest BCUT2D eigenvalue weighted by Crippen LogP contribution is 2.22. The van der Waals surface area contributed by atoms with Crippen LogP contribution in [0.3, 0.4) is 0 Å². The Bertz CT molecular complexity index is 166. The minimum atomic E-state index is -0.713. The Hall–Kier alpha value is -0.120. The molecule has 78 valence electrons. The Labute approximate surface area is 80.5 Å². The van der Waals surface area contributed by atoms with Gasteiger partial charge in [0.15, 0.2) is 0 Å². The maximum absolute atomic E-state index is 9.90. The van der Waals surface area contributed by atoms with Gasteiger partial charge in [0.25, 0.3) is 0 Å². The third kappa shape index (κ3) is 2.66. The maximum atomic E-state index is 9.90. The summed E-state index contributed by atoms with van der Waals surface area (Å²) in [6.45, 7) is 9.29. The minimum absolute atomic E-state index is 0.272. The fourth-order valence-corrected chi connectivity index (χ4v) is 1.34. The van der Waals surface area contributed by atoms with Crippen LogP contribution in [0.15, 0.2) is 0 Å². The van der Waals surface area contributed by atoms with Crippen molar-refractivity contribution in [1.82, 2.24) is 5.32 Å². The van der Waals surface area contributed by atoms with Crippen LogP contribution in [0.1, 0.15) is 34.1 Å². The zero-order valence-corrected chi connectivity index (χ0v) is 9.05. The summed E-state index contributed by atoms with van der Waals surface area (Å²) in [5, 5.41) is 13.3. The fraction of sp³-hybridized carbons (Fsp3) is 1.00. The van der Waals surface area contributed by atoms with Gasteiger partial charge in [-0.25, -0.2) is 0 Å². The van der Waals surface area contributed by atoms with E-state index in [9.17, 15) is 5.11 Å². The number of nitrogens with one attached hydrogen (secondary N) is 1. The van der Waals surface area contributed by atoms with Crippen LogP contribution in [0.2, 0.25) is 0 Å². The third-order valence-corrected chi connectivity index (χ3v) is 3.02. The van der Waals surface area contributed by atoms with Crippen molar-refractivity contribution >= 4 is 0 Å². The molecule has 3 heteroatoms. The van der Waals surface area contributed by atoms with Crippen molar-refractivity contribution < 1.29 is 9.84 Å². The topological polar surface area (TPSA) is 41.5 Å². The lowest BCUT2D eigenvalue weighted by Crippen LogP contribution is -2.59. The van der Waals surface area contributed by atoms with Crippen LogP contribution in [-0.4, -0.2) is 35.5 Å². The molecule has 1 aliphatic heterocycles. The lowest BCUT2D eigenvalue weighted by atomic mass is 9.85. The van der Waals surface area contributed by atoms with Gasteiger partial charge in [-0.1, -0.05) is 0 Å². The van der Waals surface area contributed by atoms with E-state index >= 15 is 0 Å². The lowest BCUT2D eigenvalue weighted by Gasteiger charge is -2.40. The monoisotopic (exact) mass is 187 g/mol. The second kappa shape index (κ2) is 3.56. The van der Waals surface area contributed by atoms with Crippen LogP contribution in [0.4, 0.5) is 0 Å². The fourth-order valence-electron chi connectivity index (χ4n) is 1.34. The van der Waals surface area contributed by atoms with Crippen LogP contribution in [-0.2, 0) is 4.74 Å². The first-order chi connectivity index (χ1) is 5.83. The molecule has 0 amide bonds. The smallest absolute Gasteiger partial charge is 0.0767 e. The van der Waals surface area contributed by atoms with Gasteiger partial charge in [0.1, 0.15) is 0 Å².